The predicted octanol–water partition coefficient (Wildman–Crippen LogP) is 0.0318. The Bertz CT molecular complexity index is 784. The molecule has 10 heteroatoms. The third-order valence-corrected chi connectivity index (χ3v) is 3.70. The van der Waals surface area contributed by atoms with Crippen molar-refractivity contribution >= 4 is 23.0 Å². The van der Waals surface area contributed by atoms with Gasteiger partial charge in [-0.1, -0.05) is 13.3 Å². The highest BCUT2D eigenvalue weighted by atomic mass is 16.5. The van der Waals surface area contributed by atoms with Crippen LogP contribution in [0.5, 0.6) is 6.01 Å². The second-order valence-corrected chi connectivity index (χ2v) is 5.57. The van der Waals surface area contributed by atoms with Crippen molar-refractivity contribution in [2.24, 2.45) is 0 Å². The molecule has 0 saturated carbocycles. The highest BCUT2D eigenvalue weighted by molar-refractivity contribution is 5.81. The van der Waals surface area contributed by atoms with E-state index < -0.39 is 6.04 Å². The zero-order chi connectivity index (χ0) is 18.4. The normalized spacial score (nSPS) is 12.3. The summed E-state index contributed by atoms with van der Waals surface area (Å²) in [6, 6.07) is -0.333. The fourth-order valence-electron chi connectivity index (χ4n) is 2.26. The van der Waals surface area contributed by atoms with Crippen molar-refractivity contribution in [3.8, 4) is 6.01 Å². The van der Waals surface area contributed by atoms with Crippen LogP contribution in [0.15, 0.2) is 4.79 Å². The van der Waals surface area contributed by atoms with Gasteiger partial charge in [0, 0.05) is 13.1 Å². The molecule has 25 heavy (non-hydrogen) atoms. The lowest BCUT2D eigenvalue weighted by Gasteiger charge is -2.11. The van der Waals surface area contributed by atoms with Crippen molar-refractivity contribution < 1.29 is 14.3 Å². The molecule has 0 saturated heterocycles. The summed E-state index contributed by atoms with van der Waals surface area (Å²) in [5, 5.41) is 2.98. The van der Waals surface area contributed by atoms with E-state index in [1.54, 1.807) is 6.92 Å². The lowest BCUT2D eigenvalue weighted by molar-refractivity contribution is -0.142. The summed E-state index contributed by atoms with van der Waals surface area (Å²) >= 11 is 0. The first-order valence-corrected chi connectivity index (χ1v) is 8.18. The summed E-state index contributed by atoms with van der Waals surface area (Å²) in [5.41, 5.74) is 6.28. The number of hydrogen-bond donors (Lipinski definition) is 3. The predicted molar refractivity (Wildman–Crippen MR) is 92.4 cm³/mol. The number of carbonyl (C=O) groups excluding carboxylic acids is 1. The van der Waals surface area contributed by atoms with E-state index in [-0.39, 0.29) is 23.5 Å². The first-order valence-electron chi connectivity index (χ1n) is 8.18. The van der Waals surface area contributed by atoms with E-state index in [9.17, 15) is 9.59 Å². The molecule has 0 aliphatic carbocycles. The van der Waals surface area contributed by atoms with Crippen molar-refractivity contribution in [3.63, 3.8) is 0 Å². The van der Waals surface area contributed by atoms with E-state index in [2.05, 4.69) is 25.0 Å². The molecule has 0 bridgehead atoms. The Morgan fingerprint density at radius 1 is 1.44 bits per heavy atom. The van der Waals surface area contributed by atoms with Crippen LogP contribution in [0.3, 0.4) is 0 Å². The molecule has 1 atom stereocenters. The van der Waals surface area contributed by atoms with Gasteiger partial charge in [-0.15, -0.1) is 0 Å². The topological polar surface area (TPSA) is 137 Å². The lowest BCUT2D eigenvalue weighted by Crippen LogP contribution is -2.37. The number of carbonyl (C=O) groups is 1. The highest BCUT2D eigenvalue weighted by Gasteiger charge is 2.16. The zero-order valence-electron chi connectivity index (χ0n) is 14.7. The van der Waals surface area contributed by atoms with Crippen molar-refractivity contribution in [2.75, 3.05) is 26.0 Å². The molecule has 2 heterocycles. The maximum atomic E-state index is 12.2. The van der Waals surface area contributed by atoms with Crippen LogP contribution in [0.2, 0.25) is 0 Å². The van der Waals surface area contributed by atoms with Gasteiger partial charge >= 0.3 is 17.7 Å². The Morgan fingerprint density at radius 3 is 2.88 bits per heavy atom. The minimum absolute atomic E-state index is 0.141. The van der Waals surface area contributed by atoms with Gasteiger partial charge in [0.1, 0.15) is 11.6 Å². The third-order valence-electron chi connectivity index (χ3n) is 3.70. The highest BCUT2D eigenvalue weighted by Crippen LogP contribution is 2.17. The molecule has 4 N–H and O–H groups in total. The smallest absolute Gasteiger partial charge is 0.327 e. The molecule has 2 rings (SSSR count). The average Bonchev–Trinajstić information content (AvgIpc) is 2.91. The van der Waals surface area contributed by atoms with Crippen LogP contribution < -0.4 is 21.5 Å². The summed E-state index contributed by atoms with van der Waals surface area (Å²) in [7, 11) is 1.32. The lowest BCUT2D eigenvalue weighted by atomic mass is 10.3. The standard InChI is InChI=1S/C15H24N6O4/c1-4-5-8-25-14-19-11(16)10-12(20-14)21(15(23)18-10)7-6-17-9(2)13(22)24-3/h9,17H,4-8H2,1-3H3,(H,18,23)(H2,16,19,20)/t9-/m0/s1. The van der Waals surface area contributed by atoms with Gasteiger partial charge < -0.3 is 25.5 Å². The molecule has 0 radical (unpaired) electrons. The van der Waals surface area contributed by atoms with E-state index in [0.717, 1.165) is 12.8 Å². The number of aromatic nitrogens is 4. The van der Waals surface area contributed by atoms with E-state index >= 15 is 0 Å². The Kier molecular flexibility index (Phi) is 6.34. The van der Waals surface area contributed by atoms with Crippen LogP contribution in [0, 0.1) is 0 Å². The van der Waals surface area contributed by atoms with Crippen molar-refractivity contribution in [1.82, 2.24) is 24.8 Å². The number of nitrogens with one attached hydrogen (secondary N) is 2. The maximum absolute atomic E-state index is 12.2. The number of nitrogens with two attached hydrogens (primary N) is 1. The molecule has 138 valence electrons. The monoisotopic (exact) mass is 352 g/mol. The van der Waals surface area contributed by atoms with Crippen LogP contribution in [0.4, 0.5) is 5.82 Å². The molecule has 2 aromatic rings. The van der Waals surface area contributed by atoms with E-state index in [0.29, 0.717) is 30.9 Å². The third kappa shape index (κ3) is 4.47. The molecular formula is C15H24N6O4. The van der Waals surface area contributed by atoms with Gasteiger partial charge in [0.25, 0.3) is 0 Å². The van der Waals surface area contributed by atoms with Crippen LogP contribution >= 0.6 is 0 Å². The molecule has 0 aliphatic heterocycles. The van der Waals surface area contributed by atoms with Crippen LogP contribution in [-0.4, -0.2) is 51.8 Å². The van der Waals surface area contributed by atoms with Gasteiger partial charge in [-0.25, -0.2) is 4.79 Å². The Hall–Kier alpha value is -2.62. The van der Waals surface area contributed by atoms with Crippen LogP contribution in [0.25, 0.3) is 11.2 Å². The molecular weight excluding hydrogens is 328 g/mol. The molecule has 0 spiro atoms. The Morgan fingerprint density at radius 2 is 2.20 bits per heavy atom. The molecule has 2 aromatic heterocycles. The quantitative estimate of drug-likeness (QED) is 0.425. The van der Waals surface area contributed by atoms with Crippen molar-refractivity contribution in [1.29, 1.82) is 0 Å². The van der Waals surface area contributed by atoms with E-state index in [4.69, 9.17) is 10.5 Å². The number of ether oxygens (including phenoxy) is 2. The number of imidazole rings is 1. The van der Waals surface area contributed by atoms with Gasteiger partial charge in [-0.2, -0.15) is 9.97 Å². The number of nitrogen functional groups attached to an aromatic ring is 1. The number of methoxy groups -OCH3 is 1. The minimum Gasteiger partial charge on any atom is -0.468 e. The summed E-state index contributed by atoms with van der Waals surface area (Å²) in [6.45, 7) is 4.88. The molecule has 10 nitrogen and oxygen atoms in total. The zero-order valence-corrected chi connectivity index (χ0v) is 14.7. The average molecular weight is 352 g/mol. The number of fused-ring (bicyclic) bond motifs is 1. The number of aromatic amines is 1. The van der Waals surface area contributed by atoms with E-state index in [1.165, 1.54) is 11.7 Å². The summed E-state index contributed by atoms with van der Waals surface area (Å²) < 4.78 is 11.5. The second-order valence-electron chi connectivity index (χ2n) is 5.57. The molecule has 0 fully saturated rings. The van der Waals surface area contributed by atoms with E-state index in [1.807, 2.05) is 6.92 Å². The minimum atomic E-state index is -0.474. The van der Waals surface area contributed by atoms with Crippen molar-refractivity contribution in [3.05, 3.63) is 10.5 Å². The number of anilines is 1. The Balaban J connectivity index is 2.16. The van der Waals surface area contributed by atoms with Crippen molar-refractivity contribution in [2.45, 2.75) is 39.3 Å². The first kappa shape index (κ1) is 18.7. The molecule has 0 aromatic carbocycles. The SMILES string of the molecule is CCCCOc1nc(N)c2[nH]c(=O)n(CCN[C@@H](C)C(=O)OC)c2n1. The number of unbranched alkanes of at least 4 members (excludes halogenated alkanes) is 1. The van der Waals surface area contributed by atoms with Gasteiger partial charge in [-0.05, 0) is 13.3 Å². The fourth-order valence-corrected chi connectivity index (χ4v) is 2.26. The number of rotatable bonds is 9. The largest absolute Gasteiger partial charge is 0.468 e. The van der Waals surface area contributed by atoms with Crippen LogP contribution in [-0.2, 0) is 16.1 Å². The van der Waals surface area contributed by atoms with Gasteiger partial charge in [0.15, 0.2) is 11.5 Å². The number of hydrogen-bond acceptors (Lipinski definition) is 8. The number of nitrogens with zero attached hydrogens (tertiary/aromatic N) is 3. The number of H-pyrrole nitrogens is 1. The molecule has 0 unspecified atom stereocenters. The first-order chi connectivity index (χ1) is 12.0. The van der Waals surface area contributed by atoms with Gasteiger partial charge in [-0.3, -0.25) is 9.36 Å². The summed E-state index contributed by atoms with van der Waals surface area (Å²) in [5.74, 6) is -0.215. The maximum Gasteiger partial charge on any atom is 0.327 e. The summed E-state index contributed by atoms with van der Waals surface area (Å²) in [4.78, 5) is 34.5. The van der Waals surface area contributed by atoms with Gasteiger partial charge in [0.2, 0.25) is 0 Å². The fraction of sp³-hybridized carbons (Fsp3) is 0.600. The van der Waals surface area contributed by atoms with Gasteiger partial charge in [0.05, 0.1) is 13.7 Å². The molecule has 0 amide bonds. The molecule has 0 aliphatic rings. The second kappa shape index (κ2) is 8.47. The number of esters is 1. The summed E-state index contributed by atoms with van der Waals surface area (Å²) in [6.07, 6.45) is 1.85. The Labute approximate surface area is 144 Å². The van der Waals surface area contributed by atoms with Crippen LogP contribution in [0.1, 0.15) is 26.7 Å².